The van der Waals surface area contributed by atoms with Gasteiger partial charge in [-0.1, -0.05) is 6.07 Å². The first-order valence-corrected chi connectivity index (χ1v) is 6.55. The molecule has 0 fully saturated rings. The minimum absolute atomic E-state index is 0.0924. The molecule has 20 heavy (non-hydrogen) atoms. The lowest BCUT2D eigenvalue weighted by Crippen LogP contribution is -2.25. The maximum Gasteiger partial charge on any atom is 0.271 e. The van der Waals surface area contributed by atoms with Crippen molar-refractivity contribution in [1.82, 2.24) is 9.38 Å². The van der Waals surface area contributed by atoms with Gasteiger partial charge in [-0.25, -0.2) is 9.37 Å². The fourth-order valence-corrected chi connectivity index (χ4v) is 2.42. The Kier molecular flexibility index (Phi) is 3.03. The van der Waals surface area contributed by atoms with Crippen molar-refractivity contribution in [2.75, 3.05) is 5.32 Å². The summed E-state index contributed by atoms with van der Waals surface area (Å²) in [5.74, 6) is -1.08. The van der Waals surface area contributed by atoms with E-state index in [1.165, 1.54) is 46.2 Å². The zero-order valence-electron chi connectivity index (χ0n) is 10.0. The van der Waals surface area contributed by atoms with E-state index in [4.69, 9.17) is 0 Å². The Morgan fingerprint density at radius 3 is 3.05 bits per heavy atom. The highest BCUT2D eigenvalue weighted by Gasteiger charge is 2.14. The molecule has 0 aliphatic heterocycles. The molecule has 0 unspecified atom stereocenters. The van der Waals surface area contributed by atoms with Crippen molar-refractivity contribution in [2.45, 2.75) is 0 Å². The number of amides is 1. The Bertz CT molecular complexity index is 856. The van der Waals surface area contributed by atoms with Gasteiger partial charge in [-0.2, -0.15) is 0 Å². The summed E-state index contributed by atoms with van der Waals surface area (Å²) in [6.07, 6.45) is 2.77. The zero-order valence-corrected chi connectivity index (χ0v) is 10.9. The Morgan fingerprint density at radius 1 is 1.40 bits per heavy atom. The van der Waals surface area contributed by atoms with Crippen LogP contribution in [0.25, 0.3) is 4.96 Å². The molecule has 0 bridgehead atoms. The number of fused-ring (bicyclic) bond motifs is 1. The van der Waals surface area contributed by atoms with Crippen molar-refractivity contribution in [3.8, 4) is 0 Å². The molecule has 2 aromatic heterocycles. The maximum atomic E-state index is 13.0. The first-order valence-electron chi connectivity index (χ1n) is 5.67. The third-order valence-corrected chi connectivity index (χ3v) is 3.44. The van der Waals surface area contributed by atoms with Crippen molar-refractivity contribution in [2.24, 2.45) is 0 Å². The molecule has 1 amide bonds. The molecular weight excluding hydrogens is 281 g/mol. The van der Waals surface area contributed by atoms with Crippen LogP contribution in [0, 0.1) is 5.82 Å². The van der Waals surface area contributed by atoms with Crippen LogP contribution in [0.4, 0.5) is 10.1 Å². The van der Waals surface area contributed by atoms with E-state index in [1.807, 2.05) is 0 Å². The van der Waals surface area contributed by atoms with Gasteiger partial charge in [0.1, 0.15) is 11.4 Å². The number of nitrogens with zero attached hydrogens (tertiary/aromatic N) is 2. The molecule has 3 aromatic rings. The average molecular weight is 289 g/mol. The quantitative estimate of drug-likeness (QED) is 0.786. The van der Waals surface area contributed by atoms with E-state index in [0.29, 0.717) is 4.96 Å². The van der Waals surface area contributed by atoms with E-state index in [9.17, 15) is 14.0 Å². The topological polar surface area (TPSA) is 63.5 Å². The van der Waals surface area contributed by atoms with Gasteiger partial charge in [0.25, 0.3) is 11.5 Å². The van der Waals surface area contributed by atoms with Gasteiger partial charge in [0.15, 0.2) is 4.96 Å². The third kappa shape index (κ3) is 2.19. The fourth-order valence-electron chi connectivity index (χ4n) is 1.75. The summed E-state index contributed by atoms with van der Waals surface area (Å²) < 4.78 is 14.3. The number of hydrogen-bond acceptors (Lipinski definition) is 4. The molecule has 1 N–H and O–H groups in total. The summed E-state index contributed by atoms with van der Waals surface area (Å²) in [7, 11) is 0. The van der Waals surface area contributed by atoms with E-state index in [-0.39, 0.29) is 11.3 Å². The number of carbonyl (C=O) groups is 1. The molecule has 0 aliphatic carbocycles. The van der Waals surface area contributed by atoms with E-state index >= 15 is 0 Å². The summed E-state index contributed by atoms with van der Waals surface area (Å²) in [4.78, 5) is 28.7. The molecule has 0 aliphatic rings. The molecule has 7 heteroatoms. The molecule has 5 nitrogen and oxygen atoms in total. The average Bonchev–Trinajstić information content (AvgIpc) is 2.88. The lowest BCUT2D eigenvalue weighted by Gasteiger charge is -2.04. The van der Waals surface area contributed by atoms with Gasteiger partial charge in [0.05, 0.1) is 0 Å². The molecule has 0 saturated heterocycles. The molecule has 2 heterocycles. The highest BCUT2D eigenvalue weighted by molar-refractivity contribution is 7.15. The van der Waals surface area contributed by atoms with Crippen molar-refractivity contribution < 1.29 is 9.18 Å². The summed E-state index contributed by atoms with van der Waals surface area (Å²) in [6.45, 7) is 0. The third-order valence-electron chi connectivity index (χ3n) is 2.67. The van der Waals surface area contributed by atoms with Crippen LogP contribution >= 0.6 is 11.3 Å². The number of halogens is 1. The largest absolute Gasteiger partial charge is 0.322 e. The molecule has 100 valence electrons. The second kappa shape index (κ2) is 4.86. The highest BCUT2D eigenvalue weighted by atomic mass is 32.1. The fraction of sp³-hybridized carbons (Fsp3) is 0. The zero-order chi connectivity index (χ0) is 14.1. The summed E-state index contributed by atoms with van der Waals surface area (Å²) >= 11 is 1.30. The second-order valence-corrected chi connectivity index (χ2v) is 4.87. The molecule has 3 rings (SSSR count). The van der Waals surface area contributed by atoms with Crippen LogP contribution in [0.3, 0.4) is 0 Å². The predicted molar refractivity (Wildman–Crippen MR) is 73.7 cm³/mol. The molecule has 0 saturated carbocycles. The Balaban J connectivity index is 1.96. The van der Waals surface area contributed by atoms with Crippen molar-refractivity contribution in [3.05, 3.63) is 63.8 Å². The van der Waals surface area contributed by atoms with Crippen molar-refractivity contribution in [1.29, 1.82) is 0 Å². The van der Waals surface area contributed by atoms with E-state index in [0.717, 1.165) is 0 Å². The van der Waals surface area contributed by atoms with Gasteiger partial charge in [-0.15, -0.1) is 11.3 Å². The summed E-state index contributed by atoms with van der Waals surface area (Å²) in [6, 6.07) is 5.45. The maximum absolute atomic E-state index is 13.0. The van der Waals surface area contributed by atoms with Gasteiger partial charge in [0.2, 0.25) is 0 Å². The standard InChI is InChI=1S/C13H8FN3O2S/c14-8-2-1-3-9(6-8)16-11(18)10-7-15-13-17(12(10)19)4-5-20-13/h1-7H,(H,16,18). The lowest BCUT2D eigenvalue weighted by molar-refractivity contribution is 0.102. The lowest BCUT2D eigenvalue weighted by atomic mass is 10.2. The number of aromatic nitrogens is 2. The molecular formula is C13H8FN3O2S. The predicted octanol–water partition coefficient (Wildman–Crippen LogP) is 2.15. The van der Waals surface area contributed by atoms with E-state index < -0.39 is 17.3 Å². The van der Waals surface area contributed by atoms with Crippen molar-refractivity contribution >= 4 is 27.9 Å². The van der Waals surface area contributed by atoms with Gasteiger partial charge < -0.3 is 5.32 Å². The number of hydrogen-bond donors (Lipinski definition) is 1. The first-order chi connectivity index (χ1) is 9.65. The summed E-state index contributed by atoms with van der Waals surface area (Å²) in [5, 5.41) is 4.17. The Hall–Kier alpha value is -2.54. The molecule has 0 radical (unpaired) electrons. The van der Waals surface area contributed by atoms with Gasteiger partial charge in [-0.05, 0) is 18.2 Å². The number of anilines is 1. The van der Waals surface area contributed by atoms with Crippen LogP contribution in [0.5, 0.6) is 0 Å². The number of thiazole rings is 1. The molecule has 0 atom stereocenters. The Morgan fingerprint density at radius 2 is 2.25 bits per heavy atom. The number of rotatable bonds is 2. The monoisotopic (exact) mass is 289 g/mol. The second-order valence-electron chi connectivity index (χ2n) is 4.00. The van der Waals surface area contributed by atoms with E-state index in [1.54, 1.807) is 11.6 Å². The van der Waals surface area contributed by atoms with Gasteiger partial charge >= 0.3 is 0 Å². The summed E-state index contributed by atoms with van der Waals surface area (Å²) in [5.41, 5.74) is -0.264. The van der Waals surface area contributed by atoms with Crippen molar-refractivity contribution in [3.63, 3.8) is 0 Å². The number of nitrogens with one attached hydrogen (secondary N) is 1. The molecule has 0 spiro atoms. The normalized spacial score (nSPS) is 10.7. The minimum atomic E-state index is -0.617. The van der Waals surface area contributed by atoms with Crippen LogP contribution in [0.2, 0.25) is 0 Å². The van der Waals surface area contributed by atoms with Crippen LogP contribution in [0.15, 0.2) is 46.8 Å². The van der Waals surface area contributed by atoms with Crippen LogP contribution < -0.4 is 10.9 Å². The van der Waals surface area contributed by atoms with E-state index in [2.05, 4.69) is 10.3 Å². The first kappa shape index (κ1) is 12.5. The van der Waals surface area contributed by atoms with Gasteiger partial charge in [0, 0.05) is 23.5 Å². The van der Waals surface area contributed by atoms with Crippen LogP contribution in [-0.2, 0) is 0 Å². The van der Waals surface area contributed by atoms with Crippen LogP contribution in [-0.4, -0.2) is 15.3 Å². The number of carbonyl (C=O) groups excluding carboxylic acids is 1. The van der Waals surface area contributed by atoms with Gasteiger partial charge in [-0.3, -0.25) is 14.0 Å². The van der Waals surface area contributed by atoms with Crippen LogP contribution in [0.1, 0.15) is 10.4 Å². The highest BCUT2D eigenvalue weighted by Crippen LogP contribution is 2.11. The SMILES string of the molecule is O=C(Nc1cccc(F)c1)c1cnc2sccn2c1=O. The number of benzene rings is 1. The minimum Gasteiger partial charge on any atom is -0.322 e. The smallest absolute Gasteiger partial charge is 0.271 e. The molecule has 1 aromatic carbocycles. The Labute approximate surface area is 116 Å².